The van der Waals surface area contributed by atoms with Gasteiger partial charge in [0, 0.05) is 13.3 Å². The Kier molecular flexibility index (Phi) is 11.6. The van der Waals surface area contributed by atoms with Crippen LogP contribution in [0.15, 0.2) is 0 Å². The van der Waals surface area contributed by atoms with Gasteiger partial charge in [0.15, 0.2) is 12.4 Å². The molecule has 0 aliphatic carbocycles. The molecule has 5 N–H and O–H groups in total. The highest BCUT2D eigenvalue weighted by molar-refractivity contribution is 5.69. The number of hydrogen-bond acceptors (Lipinski definition) is 11. The summed E-state index contributed by atoms with van der Waals surface area (Å²) < 4.78 is 20.8. The predicted octanol–water partition coefficient (Wildman–Crippen LogP) is -1.78. The average Bonchev–Trinajstić information content (AvgIpc) is 2.69. The molecule has 0 aromatic rings. The fourth-order valence-electron chi connectivity index (χ4n) is 2.66. The molecule has 29 heavy (non-hydrogen) atoms. The third kappa shape index (κ3) is 8.51. The first-order valence-corrected chi connectivity index (χ1v) is 9.64. The van der Waals surface area contributed by atoms with Crippen LogP contribution in [0.1, 0.15) is 39.5 Å². The first-order valence-electron chi connectivity index (χ1n) is 9.64. The van der Waals surface area contributed by atoms with Crippen LogP contribution in [-0.2, 0) is 28.5 Å². The third-order valence-electron chi connectivity index (χ3n) is 4.41. The highest BCUT2D eigenvalue weighted by atomic mass is 16.7. The standard InChI is InChI=1S/C18H32O11/c1-3-4-5-6-14(23)29-17-16(25)15(24)13(9-26-10(2)20)28-18(17)27-8-12(22)11(21)7-19/h11-13,15-19,21-22,24-25H,3-9H2,1-2H3/t11-,12+,13-,15-,16+,17+,18-/m1/s1. The van der Waals surface area contributed by atoms with E-state index >= 15 is 0 Å². The number of unbranched alkanes of at least 4 members (excludes halogenated alkanes) is 2. The number of ether oxygens (including phenoxy) is 4. The van der Waals surface area contributed by atoms with Crippen LogP contribution in [-0.4, -0.2) is 100 Å². The lowest BCUT2D eigenvalue weighted by atomic mass is 9.99. The number of carbonyl (C=O) groups is 2. The van der Waals surface area contributed by atoms with Crippen molar-refractivity contribution in [1.29, 1.82) is 0 Å². The van der Waals surface area contributed by atoms with Crippen molar-refractivity contribution >= 4 is 11.9 Å². The molecule has 1 aliphatic rings. The molecule has 1 saturated heterocycles. The average molecular weight is 424 g/mol. The van der Waals surface area contributed by atoms with Crippen molar-refractivity contribution in [1.82, 2.24) is 0 Å². The van der Waals surface area contributed by atoms with Gasteiger partial charge >= 0.3 is 11.9 Å². The minimum atomic E-state index is -1.61. The Bertz CT molecular complexity index is 500. The van der Waals surface area contributed by atoms with Gasteiger partial charge in [0.25, 0.3) is 0 Å². The van der Waals surface area contributed by atoms with E-state index in [9.17, 15) is 30.0 Å². The molecule has 0 amide bonds. The van der Waals surface area contributed by atoms with Gasteiger partial charge in [0.05, 0.1) is 13.2 Å². The van der Waals surface area contributed by atoms with Crippen LogP contribution < -0.4 is 0 Å². The first kappa shape index (κ1) is 25.7. The van der Waals surface area contributed by atoms with Crippen LogP contribution in [0.5, 0.6) is 0 Å². The molecule has 170 valence electrons. The normalized spacial score (nSPS) is 29.1. The van der Waals surface area contributed by atoms with Crippen molar-refractivity contribution in [2.24, 2.45) is 0 Å². The zero-order chi connectivity index (χ0) is 22.0. The second kappa shape index (κ2) is 13.1. The van der Waals surface area contributed by atoms with Gasteiger partial charge in [-0.05, 0) is 6.42 Å². The molecule has 0 unspecified atom stereocenters. The smallest absolute Gasteiger partial charge is 0.306 e. The van der Waals surface area contributed by atoms with Gasteiger partial charge < -0.3 is 44.5 Å². The summed E-state index contributed by atoms with van der Waals surface area (Å²) in [7, 11) is 0. The molecule has 7 atom stereocenters. The molecule has 0 bridgehead atoms. The summed E-state index contributed by atoms with van der Waals surface area (Å²) in [6, 6.07) is 0. The van der Waals surface area contributed by atoms with Crippen LogP contribution in [0.3, 0.4) is 0 Å². The van der Waals surface area contributed by atoms with Gasteiger partial charge in [0.1, 0.15) is 37.1 Å². The van der Waals surface area contributed by atoms with Gasteiger partial charge in [-0.3, -0.25) is 9.59 Å². The van der Waals surface area contributed by atoms with Crippen LogP contribution in [0, 0.1) is 0 Å². The lowest BCUT2D eigenvalue weighted by Gasteiger charge is -2.41. The third-order valence-corrected chi connectivity index (χ3v) is 4.41. The molecule has 1 fully saturated rings. The van der Waals surface area contributed by atoms with E-state index in [1.165, 1.54) is 0 Å². The molecule has 1 rings (SSSR count). The van der Waals surface area contributed by atoms with Gasteiger partial charge in [-0.15, -0.1) is 0 Å². The zero-order valence-corrected chi connectivity index (χ0v) is 16.7. The largest absolute Gasteiger partial charge is 0.463 e. The number of aliphatic hydroxyl groups is 5. The summed E-state index contributed by atoms with van der Waals surface area (Å²) in [6.07, 6.45) is -7.68. The maximum atomic E-state index is 12.1. The second-order valence-electron chi connectivity index (χ2n) is 6.89. The topological polar surface area (TPSA) is 172 Å². The fourth-order valence-corrected chi connectivity index (χ4v) is 2.66. The van der Waals surface area contributed by atoms with E-state index in [4.69, 9.17) is 24.1 Å². The Labute approximate surface area is 169 Å². The Morgan fingerprint density at radius 3 is 2.38 bits per heavy atom. The number of esters is 2. The van der Waals surface area contributed by atoms with Gasteiger partial charge in [-0.25, -0.2) is 0 Å². The highest BCUT2D eigenvalue weighted by Crippen LogP contribution is 2.26. The molecule has 0 saturated carbocycles. The lowest BCUT2D eigenvalue weighted by molar-refractivity contribution is -0.309. The molecule has 11 heteroatoms. The summed E-state index contributed by atoms with van der Waals surface area (Å²) in [5.41, 5.74) is 0. The predicted molar refractivity (Wildman–Crippen MR) is 96.4 cm³/mol. The summed E-state index contributed by atoms with van der Waals surface area (Å²) in [5.74, 6) is -1.25. The SMILES string of the molecule is CCCCCC(=O)O[C@@H]1[C@H](OC[C@H](O)[C@H](O)CO)O[C@H](COC(C)=O)[C@@H](O)[C@@H]1O. The van der Waals surface area contributed by atoms with Gasteiger partial charge in [-0.1, -0.05) is 19.8 Å². The number of carbonyl (C=O) groups excluding carboxylic acids is 2. The van der Waals surface area contributed by atoms with Crippen LogP contribution in [0.4, 0.5) is 0 Å². The monoisotopic (exact) mass is 424 g/mol. The summed E-state index contributed by atoms with van der Waals surface area (Å²) in [5, 5.41) is 48.7. The van der Waals surface area contributed by atoms with Crippen molar-refractivity contribution in [2.45, 2.75) is 82.4 Å². The Hall–Kier alpha value is -1.34. The Morgan fingerprint density at radius 1 is 1.10 bits per heavy atom. The van der Waals surface area contributed by atoms with E-state index in [1.807, 2.05) is 6.92 Å². The molecule has 0 radical (unpaired) electrons. The Morgan fingerprint density at radius 2 is 1.79 bits per heavy atom. The quantitative estimate of drug-likeness (QED) is 0.177. The van der Waals surface area contributed by atoms with Gasteiger partial charge in [-0.2, -0.15) is 0 Å². The second-order valence-corrected chi connectivity index (χ2v) is 6.89. The molecule has 0 spiro atoms. The van der Waals surface area contributed by atoms with E-state index in [0.29, 0.717) is 6.42 Å². The number of rotatable bonds is 12. The summed E-state index contributed by atoms with van der Waals surface area (Å²) >= 11 is 0. The molecular formula is C18H32O11. The number of hydrogen-bond donors (Lipinski definition) is 5. The minimum absolute atomic E-state index is 0.0998. The van der Waals surface area contributed by atoms with Crippen molar-refractivity contribution < 1.29 is 54.1 Å². The molecule has 0 aromatic carbocycles. The van der Waals surface area contributed by atoms with E-state index in [1.54, 1.807) is 0 Å². The van der Waals surface area contributed by atoms with Crippen molar-refractivity contribution in [2.75, 3.05) is 19.8 Å². The maximum absolute atomic E-state index is 12.1. The van der Waals surface area contributed by atoms with Crippen molar-refractivity contribution in [3.8, 4) is 0 Å². The van der Waals surface area contributed by atoms with E-state index < -0.39 is 68.1 Å². The minimum Gasteiger partial charge on any atom is -0.463 e. The molecule has 1 heterocycles. The van der Waals surface area contributed by atoms with Crippen molar-refractivity contribution in [3.63, 3.8) is 0 Å². The van der Waals surface area contributed by atoms with Crippen molar-refractivity contribution in [3.05, 3.63) is 0 Å². The van der Waals surface area contributed by atoms with Gasteiger partial charge in [0.2, 0.25) is 0 Å². The van der Waals surface area contributed by atoms with E-state index in [2.05, 4.69) is 0 Å². The molecule has 0 aromatic heterocycles. The van der Waals surface area contributed by atoms with E-state index in [0.717, 1.165) is 19.8 Å². The fraction of sp³-hybridized carbons (Fsp3) is 0.889. The van der Waals surface area contributed by atoms with Crippen LogP contribution in [0.25, 0.3) is 0 Å². The molecule has 1 aliphatic heterocycles. The maximum Gasteiger partial charge on any atom is 0.306 e. The van der Waals surface area contributed by atoms with E-state index in [-0.39, 0.29) is 13.0 Å². The Balaban J connectivity index is 2.83. The molecule has 11 nitrogen and oxygen atoms in total. The first-order chi connectivity index (χ1) is 13.7. The molecular weight excluding hydrogens is 392 g/mol. The highest BCUT2D eigenvalue weighted by Gasteiger charge is 2.48. The number of aliphatic hydroxyl groups excluding tert-OH is 5. The van der Waals surface area contributed by atoms with Crippen LogP contribution >= 0.6 is 0 Å². The zero-order valence-electron chi connectivity index (χ0n) is 16.7. The van der Waals surface area contributed by atoms with Crippen LogP contribution in [0.2, 0.25) is 0 Å². The summed E-state index contributed by atoms with van der Waals surface area (Å²) in [6.45, 7) is 1.53. The summed E-state index contributed by atoms with van der Waals surface area (Å²) in [4.78, 5) is 23.1. The lowest BCUT2D eigenvalue weighted by Crippen LogP contribution is -2.61.